The molecular formula is C5H13N. The van der Waals surface area contributed by atoms with Gasteiger partial charge in [0.2, 0.25) is 0 Å². The summed E-state index contributed by atoms with van der Waals surface area (Å²) in [5, 5.41) is 0. The van der Waals surface area contributed by atoms with Crippen molar-refractivity contribution in [1.29, 1.82) is 0 Å². The molecule has 6 heavy (non-hydrogen) atoms. The SMILES string of the molecule is CCC1CC1.N. The Hall–Kier alpha value is -0.0400. The maximum atomic E-state index is 2.26. The fourth-order valence-corrected chi connectivity index (χ4v) is 0.526. The van der Waals surface area contributed by atoms with E-state index in [9.17, 15) is 0 Å². The van der Waals surface area contributed by atoms with Crippen LogP contribution >= 0.6 is 0 Å². The smallest absolute Gasteiger partial charge is 0.0417 e. The Labute approximate surface area is 39.3 Å². The lowest BCUT2D eigenvalue weighted by Gasteiger charge is -1.72. The summed E-state index contributed by atoms with van der Waals surface area (Å²) in [6, 6.07) is 0. The van der Waals surface area contributed by atoms with Gasteiger partial charge in [-0.15, -0.1) is 0 Å². The Bertz CT molecular complexity index is 30.9. The lowest BCUT2D eigenvalue weighted by atomic mass is 10.3. The standard InChI is InChI=1S/C5H10.H3N/c1-2-5-3-4-5;/h5H,2-4H2,1H3;1H3. The zero-order chi connectivity index (χ0) is 3.70. The van der Waals surface area contributed by atoms with Crippen molar-refractivity contribution in [2.24, 2.45) is 5.92 Å². The summed E-state index contributed by atoms with van der Waals surface area (Å²) in [6.07, 6.45) is 4.44. The van der Waals surface area contributed by atoms with Crippen molar-refractivity contribution < 1.29 is 0 Å². The second-order valence-electron chi connectivity index (χ2n) is 1.85. The highest BCUT2D eigenvalue weighted by molar-refractivity contribution is 4.69. The summed E-state index contributed by atoms with van der Waals surface area (Å²) in [5.41, 5.74) is 0. The maximum absolute atomic E-state index is 2.26. The van der Waals surface area contributed by atoms with Gasteiger partial charge in [0, 0.05) is 0 Å². The minimum absolute atomic E-state index is 0. The minimum atomic E-state index is 0. The van der Waals surface area contributed by atoms with Crippen LogP contribution in [0.4, 0.5) is 0 Å². The van der Waals surface area contributed by atoms with Gasteiger partial charge < -0.3 is 6.15 Å². The van der Waals surface area contributed by atoms with Crippen molar-refractivity contribution >= 4 is 0 Å². The molecule has 1 aliphatic rings. The van der Waals surface area contributed by atoms with Crippen LogP contribution in [0, 0.1) is 5.92 Å². The van der Waals surface area contributed by atoms with E-state index in [2.05, 4.69) is 6.92 Å². The number of rotatable bonds is 1. The minimum Gasteiger partial charge on any atom is -0.344 e. The van der Waals surface area contributed by atoms with E-state index in [0.29, 0.717) is 0 Å². The molecule has 0 aromatic heterocycles. The third-order valence-corrected chi connectivity index (χ3v) is 1.27. The van der Waals surface area contributed by atoms with Gasteiger partial charge in [0.05, 0.1) is 0 Å². The quantitative estimate of drug-likeness (QED) is 0.521. The summed E-state index contributed by atoms with van der Waals surface area (Å²) in [4.78, 5) is 0. The zero-order valence-corrected chi connectivity index (χ0v) is 4.41. The molecule has 1 nitrogen and oxygen atoms in total. The fourth-order valence-electron chi connectivity index (χ4n) is 0.526. The van der Waals surface area contributed by atoms with Crippen molar-refractivity contribution in [3.05, 3.63) is 0 Å². The van der Waals surface area contributed by atoms with Crippen LogP contribution in [0.15, 0.2) is 0 Å². The van der Waals surface area contributed by atoms with E-state index in [-0.39, 0.29) is 6.15 Å². The predicted molar refractivity (Wildman–Crippen MR) is 28.0 cm³/mol. The molecule has 0 heterocycles. The molecular weight excluding hydrogens is 74.1 g/mol. The van der Waals surface area contributed by atoms with E-state index < -0.39 is 0 Å². The molecule has 1 heteroatoms. The van der Waals surface area contributed by atoms with Crippen LogP contribution in [0.5, 0.6) is 0 Å². The second kappa shape index (κ2) is 2.19. The first-order valence-corrected chi connectivity index (χ1v) is 2.43. The van der Waals surface area contributed by atoms with Gasteiger partial charge >= 0.3 is 0 Å². The van der Waals surface area contributed by atoms with E-state index >= 15 is 0 Å². The second-order valence-corrected chi connectivity index (χ2v) is 1.85. The Morgan fingerprint density at radius 3 is 2.00 bits per heavy atom. The summed E-state index contributed by atoms with van der Waals surface area (Å²) in [6.45, 7) is 2.26. The van der Waals surface area contributed by atoms with Crippen molar-refractivity contribution in [3.63, 3.8) is 0 Å². The molecule has 0 aromatic rings. The molecule has 1 fully saturated rings. The molecule has 3 N–H and O–H groups in total. The van der Waals surface area contributed by atoms with E-state index in [1.165, 1.54) is 19.3 Å². The topological polar surface area (TPSA) is 35.0 Å². The maximum Gasteiger partial charge on any atom is -0.0417 e. The molecule has 0 unspecified atom stereocenters. The Kier molecular flexibility index (Phi) is 2.18. The van der Waals surface area contributed by atoms with Crippen molar-refractivity contribution in [1.82, 2.24) is 6.15 Å². The largest absolute Gasteiger partial charge is 0.344 e. The van der Waals surface area contributed by atoms with Gasteiger partial charge in [0.15, 0.2) is 0 Å². The monoisotopic (exact) mass is 87.1 g/mol. The Morgan fingerprint density at radius 1 is 1.50 bits per heavy atom. The average Bonchev–Trinajstić information content (AvgIpc) is 2.12. The molecule has 0 bridgehead atoms. The van der Waals surface area contributed by atoms with Gasteiger partial charge in [0.25, 0.3) is 0 Å². The summed E-state index contributed by atoms with van der Waals surface area (Å²) in [5.74, 6) is 1.13. The Balaban J connectivity index is 0.000000250. The zero-order valence-electron chi connectivity index (χ0n) is 4.41. The van der Waals surface area contributed by atoms with Gasteiger partial charge in [0.1, 0.15) is 0 Å². The van der Waals surface area contributed by atoms with Crippen LogP contribution in [-0.4, -0.2) is 0 Å². The van der Waals surface area contributed by atoms with Crippen LogP contribution in [-0.2, 0) is 0 Å². The van der Waals surface area contributed by atoms with E-state index in [0.717, 1.165) is 5.92 Å². The summed E-state index contributed by atoms with van der Waals surface area (Å²) < 4.78 is 0. The van der Waals surface area contributed by atoms with Crippen molar-refractivity contribution in [2.75, 3.05) is 0 Å². The van der Waals surface area contributed by atoms with Crippen molar-refractivity contribution in [3.8, 4) is 0 Å². The van der Waals surface area contributed by atoms with Gasteiger partial charge in [-0.05, 0) is 5.92 Å². The summed E-state index contributed by atoms with van der Waals surface area (Å²) in [7, 11) is 0. The van der Waals surface area contributed by atoms with E-state index in [1.807, 2.05) is 0 Å². The molecule has 38 valence electrons. The third kappa shape index (κ3) is 1.41. The molecule has 1 aliphatic carbocycles. The normalized spacial score (nSPS) is 19.5. The van der Waals surface area contributed by atoms with Gasteiger partial charge in [-0.25, -0.2) is 0 Å². The van der Waals surface area contributed by atoms with Crippen LogP contribution < -0.4 is 6.15 Å². The molecule has 0 saturated heterocycles. The molecule has 0 aromatic carbocycles. The average molecular weight is 87.2 g/mol. The van der Waals surface area contributed by atoms with Gasteiger partial charge in [-0.2, -0.15) is 0 Å². The number of hydrogen-bond acceptors (Lipinski definition) is 1. The number of hydrogen-bond donors (Lipinski definition) is 1. The highest BCUT2D eigenvalue weighted by Crippen LogP contribution is 2.31. The van der Waals surface area contributed by atoms with Crippen LogP contribution in [0.2, 0.25) is 0 Å². The first kappa shape index (κ1) is 5.96. The van der Waals surface area contributed by atoms with Crippen LogP contribution in [0.25, 0.3) is 0 Å². The van der Waals surface area contributed by atoms with Gasteiger partial charge in [-0.1, -0.05) is 26.2 Å². The Morgan fingerprint density at radius 2 is 2.00 bits per heavy atom. The molecule has 0 amide bonds. The molecule has 0 atom stereocenters. The molecule has 1 rings (SSSR count). The first-order chi connectivity index (χ1) is 2.43. The predicted octanol–water partition coefficient (Wildman–Crippen LogP) is 1.97. The molecule has 0 radical (unpaired) electrons. The highest BCUT2D eigenvalue weighted by Gasteiger charge is 2.17. The summed E-state index contributed by atoms with van der Waals surface area (Å²) >= 11 is 0. The van der Waals surface area contributed by atoms with Crippen molar-refractivity contribution in [2.45, 2.75) is 26.2 Å². The molecule has 1 saturated carbocycles. The fraction of sp³-hybridized carbons (Fsp3) is 1.00. The van der Waals surface area contributed by atoms with E-state index in [1.54, 1.807) is 0 Å². The van der Waals surface area contributed by atoms with Gasteiger partial charge in [-0.3, -0.25) is 0 Å². The first-order valence-electron chi connectivity index (χ1n) is 2.43. The lowest BCUT2D eigenvalue weighted by Crippen LogP contribution is -1.59. The molecule has 0 aliphatic heterocycles. The van der Waals surface area contributed by atoms with Crippen LogP contribution in [0.3, 0.4) is 0 Å². The molecule has 0 spiro atoms. The lowest BCUT2D eigenvalue weighted by molar-refractivity contribution is 0.799. The highest BCUT2D eigenvalue weighted by atomic mass is 14.2. The van der Waals surface area contributed by atoms with Crippen LogP contribution in [0.1, 0.15) is 26.2 Å². The van der Waals surface area contributed by atoms with E-state index in [4.69, 9.17) is 0 Å². The third-order valence-electron chi connectivity index (χ3n) is 1.27.